The predicted octanol–water partition coefficient (Wildman–Crippen LogP) is 5.02. The summed E-state index contributed by atoms with van der Waals surface area (Å²) in [6.07, 6.45) is 0. The molecule has 28 heavy (non-hydrogen) atoms. The summed E-state index contributed by atoms with van der Waals surface area (Å²) in [5.74, 6) is 0.874. The third kappa shape index (κ3) is 3.10. The summed E-state index contributed by atoms with van der Waals surface area (Å²) >= 11 is 5.97. The lowest BCUT2D eigenvalue weighted by atomic mass is 10.1. The summed E-state index contributed by atoms with van der Waals surface area (Å²) in [6, 6.07) is 7.91. The smallest absolute Gasteiger partial charge is 0.259 e. The summed E-state index contributed by atoms with van der Waals surface area (Å²) in [5.41, 5.74) is 2.58. The largest absolute Gasteiger partial charge is 0.506 e. The molecule has 4 rings (SSSR count). The molecule has 0 aliphatic carbocycles. The number of nitrogens with zero attached hydrogens (tertiary/aromatic N) is 2. The first kappa shape index (κ1) is 18.1. The van der Waals surface area contributed by atoms with E-state index in [1.807, 2.05) is 19.9 Å². The van der Waals surface area contributed by atoms with Crippen LogP contribution in [0.2, 0.25) is 5.02 Å². The number of halogens is 1. The molecule has 0 saturated heterocycles. The average molecular weight is 398 g/mol. The third-order valence-electron chi connectivity index (χ3n) is 4.39. The van der Waals surface area contributed by atoms with Gasteiger partial charge < -0.3 is 19.4 Å². The quantitative estimate of drug-likeness (QED) is 0.470. The fourth-order valence-corrected chi connectivity index (χ4v) is 3.27. The predicted molar refractivity (Wildman–Crippen MR) is 105 cm³/mol. The number of fused-ring (bicyclic) bond motifs is 1. The molecule has 0 radical (unpaired) electrons. The Balaban J connectivity index is 1.85. The fraction of sp³-hybridized carbons (Fsp3) is 0.150. The molecule has 4 aromatic rings. The molecule has 1 amide bonds. The maximum Gasteiger partial charge on any atom is 0.259 e. The molecule has 0 saturated carbocycles. The zero-order chi connectivity index (χ0) is 20.0. The number of aryl methyl sites for hydroxylation is 3. The molecular weight excluding hydrogens is 382 g/mol. The van der Waals surface area contributed by atoms with E-state index >= 15 is 0 Å². The Bertz CT molecular complexity index is 1230. The second kappa shape index (κ2) is 6.69. The van der Waals surface area contributed by atoms with Gasteiger partial charge in [-0.1, -0.05) is 16.8 Å². The van der Waals surface area contributed by atoms with Crippen LogP contribution in [0.5, 0.6) is 5.75 Å². The summed E-state index contributed by atoms with van der Waals surface area (Å²) < 4.78 is 10.9. The number of phenols is 1. The maximum atomic E-state index is 13.0. The molecule has 0 unspecified atom stereocenters. The highest BCUT2D eigenvalue weighted by Crippen LogP contribution is 2.32. The average Bonchev–Trinajstić information content (AvgIpc) is 3.19. The molecule has 0 spiro atoms. The molecule has 0 aliphatic heterocycles. The van der Waals surface area contributed by atoms with Crippen LogP contribution in [-0.4, -0.2) is 21.2 Å². The normalized spacial score (nSPS) is 11.1. The van der Waals surface area contributed by atoms with E-state index in [-0.39, 0.29) is 17.2 Å². The number of nitrogens with one attached hydrogen (secondary N) is 1. The van der Waals surface area contributed by atoms with Crippen LogP contribution in [-0.2, 0) is 0 Å². The number of carbonyl (C=O) groups excluding carboxylic acids is 1. The zero-order valence-corrected chi connectivity index (χ0v) is 16.1. The molecule has 3 aromatic heterocycles. The molecule has 8 heteroatoms. The lowest BCUT2D eigenvalue weighted by Crippen LogP contribution is -2.13. The van der Waals surface area contributed by atoms with E-state index in [1.165, 1.54) is 18.2 Å². The van der Waals surface area contributed by atoms with Gasteiger partial charge in [-0.05, 0) is 51.1 Å². The van der Waals surface area contributed by atoms with Gasteiger partial charge in [0.05, 0.1) is 28.0 Å². The van der Waals surface area contributed by atoms with Crippen LogP contribution < -0.4 is 5.32 Å². The van der Waals surface area contributed by atoms with Crippen LogP contribution in [0.1, 0.15) is 27.6 Å². The lowest BCUT2D eigenvalue weighted by Gasteiger charge is -2.09. The number of anilines is 1. The molecule has 2 N–H and O–H groups in total. The van der Waals surface area contributed by atoms with Gasteiger partial charge in [0, 0.05) is 10.6 Å². The highest BCUT2D eigenvalue weighted by molar-refractivity contribution is 6.31. The van der Waals surface area contributed by atoms with E-state index in [4.69, 9.17) is 20.5 Å². The Hall–Kier alpha value is -3.32. The molecule has 3 heterocycles. The molecular formula is C20H16ClN3O4. The highest BCUT2D eigenvalue weighted by atomic mass is 35.5. The first-order valence-electron chi connectivity index (χ1n) is 8.48. The minimum absolute atomic E-state index is 0.0911. The summed E-state index contributed by atoms with van der Waals surface area (Å²) in [4.78, 5) is 17.5. The van der Waals surface area contributed by atoms with E-state index in [1.54, 1.807) is 13.0 Å². The van der Waals surface area contributed by atoms with Gasteiger partial charge in [-0.15, -0.1) is 0 Å². The first-order valence-corrected chi connectivity index (χ1v) is 8.85. The number of aromatic hydroxyl groups is 1. The topological polar surface area (TPSA) is 101 Å². The molecule has 0 fully saturated rings. The number of rotatable bonds is 3. The minimum atomic E-state index is -0.449. The second-order valence-corrected chi connectivity index (χ2v) is 6.88. The number of phenolic OH excluding ortho intramolecular Hbond substituents is 1. The SMILES string of the molecule is Cc1cc(-c2cc(C(=O)Nc3cc(Cl)ccc3O)c3c(C)noc3n2)c(C)o1. The number of furan rings is 1. The van der Waals surface area contributed by atoms with Crippen molar-refractivity contribution in [2.24, 2.45) is 0 Å². The van der Waals surface area contributed by atoms with Crippen molar-refractivity contribution in [2.75, 3.05) is 5.32 Å². The Morgan fingerprint density at radius 3 is 2.68 bits per heavy atom. The van der Waals surface area contributed by atoms with Gasteiger partial charge in [0.1, 0.15) is 17.3 Å². The summed E-state index contributed by atoms with van der Waals surface area (Å²) in [6.45, 7) is 5.39. The Kier molecular flexibility index (Phi) is 4.31. The summed E-state index contributed by atoms with van der Waals surface area (Å²) in [7, 11) is 0. The number of aromatic nitrogens is 2. The van der Waals surface area contributed by atoms with Crippen LogP contribution in [0.25, 0.3) is 22.4 Å². The van der Waals surface area contributed by atoms with E-state index in [2.05, 4.69) is 15.5 Å². The van der Waals surface area contributed by atoms with Crippen LogP contribution in [0.3, 0.4) is 0 Å². The Morgan fingerprint density at radius 2 is 1.96 bits per heavy atom. The van der Waals surface area contributed by atoms with Crippen molar-refractivity contribution < 1.29 is 18.8 Å². The fourth-order valence-electron chi connectivity index (χ4n) is 3.09. The van der Waals surface area contributed by atoms with E-state index in [0.717, 1.165) is 11.3 Å². The van der Waals surface area contributed by atoms with Gasteiger partial charge in [0.25, 0.3) is 11.6 Å². The molecule has 0 bridgehead atoms. The van der Waals surface area contributed by atoms with Crippen LogP contribution >= 0.6 is 11.6 Å². The minimum Gasteiger partial charge on any atom is -0.506 e. The molecule has 1 aromatic carbocycles. The van der Waals surface area contributed by atoms with Gasteiger partial charge in [-0.3, -0.25) is 4.79 Å². The van der Waals surface area contributed by atoms with Crippen LogP contribution in [0, 0.1) is 20.8 Å². The third-order valence-corrected chi connectivity index (χ3v) is 4.62. The van der Waals surface area contributed by atoms with Crippen molar-refractivity contribution in [3.8, 4) is 17.0 Å². The molecule has 0 aliphatic rings. The highest BCUT2D eigenvalue weighted by Gasteiger charge is 2.21. The Morgan fingerprint density at radius 1 is 1.18 bits per heavy atom. The van der Waals surface area contributed by atoms with Gasteiger partial charge >= 0.3 is 0 Å². The van der Waals surface area contributed by atoms with Crippen LogP contribution in [0.4, 0.5) is 5.69 Å². The van der Waals surface area contributed by atoms with E-state index < -0.39 is 5.91 Å². The second-order valence-electron chi connectivity index (χ2n) is 6.45. The lowest BCUT2D eigenvalue weighted by molar-refractivity contribution is 0.102. The van der Waals surface area contributed by atoms with Crippen molar-refractivity contribution in [2.45, 2.75) is 20.8 Å². The van der Waals surface area contributed by atoms with Crippen molar-refractivity contribution in [1.29, 1.82) is 0 Å². The van der Waals surface area contributed by atoms with Crippen molar-refractivity contribution >= 4 is 34.3 Å². The van der Waals surface area contributed by atoms with Gasteiger partial charge in [-0.25, -0.2) is 4.98 Å². The van der Waals surface area contributed by atoms with Gasteiger partial charge in [0.15, 0.2) is 0 Å². The monoisotopic (exact) mass is 397 g/mol. The Labute approximate surface area is 164 Å². The van der Waals surface area contributed by atoms with E-state index in [9.17, 15) is 9.90 Å². The molecule has 0 atom stereocenters. The first-order chi connectivity index (χ1) is 13.3. The van der Waals surface area contributed by atoms with Crippen molar-refractivity contribution in [1.82, 2.24) is 10.1 Å². The van der Waals surface area contributed by atoms with E-state index in [0.29, 0.717) is 33.1 Å². The number of pyridine rings is 1. The van der Waals surface area contributed by atoms with Crippen LogP contribution in [0.15, 0.2) is 39.3 Å². The number of hydrogen-bond donors (Lipinski definition) is 2. The molecule has 142 valence electrons. The molecule has 7 nitrogen and oxygen atoms in total. The number of carbonyl (C=O) groups is 1. The number of hydrogen-bond acceptors (Lipinski definition) is 6. The number of benzene rings is 1. The van der Waals surface area contributed by atoms with Crippen molar-refractivity contribution in [3.05, 3.63) is 58.1 Å². The standard InChI is InChI=1S/C20H16ClN3O4/c1-9-6-13(11(3)27-9)15-8-14(18-10(2)24-28-20(18)23-15)19(26)22-16-7-12(21)4-5-17(16)25/h4-8,25H,1-3H3,(H,22,26). The zero-order valence-electron chi connectivity index (χ0n) is 15.3. The van der Waals surface area contributed by atoms with Gasteiger partial charge in [-0.2, -0.15) is 0 Å². The van der Waals surface area contributed by atoms with Crippen molar-refractivity contribution in [3.63, 3.8) is 0 Å². The van der Waals surface area contributed by atoms with Gasteiger partial charge in [0.2, 0.25) is 0 Å². The number of amides is 1. The summed E-state index contributed by atoms with van der Waals surface area (Å²) in [5, 5.41) is 17.5. The maximum absolute atomic E-state index is 13.0.